The van der Waals surface area contributed by atoms with Crippen LogP contribution >= 0.6 is 0 Å². The van der Waals surface area contributed by atoms with Crippen LogP contribution in [0.15, 0.2) is 33.9 Å². The predicted molar refractivity (Wildman–Crippen MR) is 132 cm³/mol. The molecule has 180 valence electrons. The number of amides is 1. The summed E-state index contributed by atoms with van der Waals surface area (Å²) in [5, 5.41) is 0.171. The van der Waals surface area contributed by atoms with Crippen molar-refractivity contribution < 1.29 is 9.53 Å². The molecule has 0 radical (unpaired) electrons. The van der Waals surface area contributed by atoms with E-state index in [1.165, 1.54) is 15.7 Å². The van der Waals surface area contributed by atoms with E-state index in [0.29, 0.717) is 43.7 Å². The van der Waals surface area contributed by atoms with Gasteiger partial charge in [-0.2, -0.15) is 0 Å². The second-order valence-electron chi connectivity index (χ2n) is 9.31. The lowest BCUT2D eigenvalue weighted by molar-refractivity contribution is 0.0597. The fourth-order valence-corrected chi connectivity index (χ4v) is 4.38. The second kappa shape index (κ2) is 9.44. The van der Waals surface area contributed by atoms with E-state index in [-0.39, 0.29) is 29.0 Å². The summed E-state index contributed by atoms with van der Waals surface area (Å²) in [6.07, 6.45) is 1.43. The van der Waals surface area contributed by atoms with Gasteiger partial charge in [-0.3, -0.25) is 19.1 Å². The summed E-state index contributed by atoms with van der Waals surface area (Å²) >= 11 is 0. The number of carbonyl (C=O) groups is 1. The first-order chi connectivity index (χ1) is 16.2. The standard InChI is InChI=1S/C26H32N4O4/c1-6-30-23-22(24(31)28-26(30)33)20(14-21(27-23)15(2)3)25(32)29-11-9-18(10-12-29)34-19-8-7-16(4)17(5)13-19/h7-8,13-15,18H,6,9-12H2,1-5H3,(H,28,31,33). The molecule has 1 aliphatic heterocycles. The molecule has 8 nitrogen and oxygen atoms in total. The number of benzene rings is 1. The van der Waals surface area contributed by atoms with Crippen molar-refractivity contribution in [2.75, 3.05) is 13.1 Å². The highest BCUT2D eigenvalue weighted by atomic mass is 16.5. The number of fused-ring (bicyclic) bond motifs is 1. The Bertz CT molecular complexity index is 1350. The van der Waals surface area contributed by atoms with Gasteiger partial charge in [0, 0.05) is 38.2 Å². The van der Waals surface area contributed by atoms with Crippen LogP contribution in [0, 0.1) is 13.8 Å². The van der Waals surface area contributed by atoms with Gasteiger partial charge in [0.05, 0.1) is 10.9 Å². The van der Waals surface area contributed by atoms with Gasteiger partial charge in [-0.25, -0.2) is 9.78 Å². The number of piperidine rings is 1. The zero-order valence-corrected chi connectivity index (χ0v) is 20.5. The number of H-pyrrole nitrogens is 1. The van der Waals surface area contributed by atoms with Crippen molar-refractivity contribution in [1.82, 2.24) is 19.4 Å². The quantitative estimate of drug-likeness (QED) is 0.623. The van der Waals surface area contributed by atoms with Gasteiger partial charge in [0.1, 0.15) is 11.9 Å². The summed E-state index contributed by atoms with van der Waals surface area (Å²) < 4.78 is 7.57. The summed E-state index contributed by atoms with van der Waals surface area (Å²) in [6, 6.07) is 7.78. The Hall–Kier alpha value is -3.42. The molecule has 34 heavy (non-hydrogen) atoms. The molecule has 2 aromatic heterocycles. The van der Waals surface area contributed by atoms with Gasteiger partial charge in [-0.05, 0) is 56.0 Å². The Morgan fingerprint density at radius 3 is 2.47 bits per heavy atom. The molecule has 0 bridgehead atoms. The van der Waals surface area contributed by atoms with Crippen molar-refractivity contribution in [2.24, 2.45) is 0 Å². The summed E-state index contributed by atoms with van der Waals surface area (Å²) in [6.45, 7) is 11.3. The van der Waals surface area contributed by atoms with Crippen molar-refractivity contribution in [3.8, 4) is 5.75 Å². The van der Waals surface area contributed by atoms with E-state index < -0.39 is 11.2 Å². The van der Waals surface area contributed by atoms with Crippen molar-refractivity contribution in [3.05, 3.63) is 67.5 Å². The lowest BCUT2D eigenvalue weighted by Crippen LogP contribution is -2.42. The van der Waals surface area contributed by atoms with Crippen LogP contribution in [0.2, 0.25) is 0 Å². The smallest absolute Gasteiger partial charge is 0.329 e. The number of likely N-dealkylation sites (tertiary alicyclic amines) is 1. The highest BCUT2D eigenvalue weighted by Crippen LogP contribution is 2.25. The van der Waals surface area contributed by atoms with Gasteiger partial charge in [0.25, 0.3) is 11.5 Å². The minimum atomic E-state index is -0.580. The molecule has 0 spiro atoms. The summed E-state index contributed by atoms with van der Waals surface area (Å²) in [5.74, 6) is 0.664. The normalized spacial score (nSPS) is 14.7. The van der Waals surface area contributed by atoms with Crippen molar-refractivity contribution >= 4 is 16.9 Å². The summed E-state index contributed by atoms with van der Waals surface area (Å²) in [5.41, 5.74) is 2.55. The van der Waals surface area contributed by atoms with Crippen LogP contribution in [0.4, 0.5) is 0 Å². The maximum absolute atomic E-state index is 13.6. The molecular formula is C26H32N4O4. The van der Waals surface area contributed by atoms with Gasteiger partial charge in [0.2, 0.25) is 0 Å². The average molecular weight is 465 g/mol. The van der Waals surface area contributed by atoms with Crippen molar-refractivity contribution in [3.63, 3.8) is 0 Å². The van der Waals surface area contributed by atoms with E-state index in [0.717, 1.165) is 5.75 Å². The monoisotopic (exact) mass is 464 g/mol. The maximum Gasteiger partial charge on any atom is 0.329 e. The number of ether oxygens (including phenoxy) is 1. The Balaban J connectivity index is 1.61. The van der Waals surface area contributed by atoms with Crippen LogP contribution in [-0.4, -0.2) is 44.5 Å². The van der Waals surface area contributed by atoms with Crippen molar-refractivity contribution in [2.45, 2.75) is 66.0 Å². The number of rotatable bonds is 5. The molecule has 1 saturated heterocycles. The average Bonchev–Trinajstić information content (AvgIpc) is 2.81. The Morgan fingerprint density at radius 1 is 1.15 bits per heavy atom. The minimum Gasteiger partial charge on any atom is -0.490 e. The van der Waals surface area contributed by atoms with Crippen molar-refractivity contribution in [1.29, 1.82) is 0 Å². The molecule has 0 atom stereocenters. The molecule has 1 N–H and O–H groups in total. The van der Waals surface area contributed by atoms with Crippen LogP contribution in [0.25, 0.3) is 11.0 Å². The fourth-order valence-electron chi connectivity index (χ4n) is 4.38. The van der Waals surface area contributed by atoms with Crippen LogP contribution in [0.1, 0.15) is 66.7 Å². The highest BCUT2D eigenvalue weighted by Gasteiger charge is 2.28. The molecule has 3 aromatic rings. The van der Waals surface area contributed by atoms with E-state index in [1.54, 1.807) is 11.0 Å². The van der Waals surface area contributed by atoms with Gasteiger partial charge < -0.3 is 9.64 Å². The molecule has 1 aliphatic rings. The number of nitrogens with zero attached hydrogens (tertiary/aromatic N) is 3. The Kier molecular flexibility index (Phi) is 6.59. The van der Waals surface area contributed by atoms with E-state index in [9.17, 15) is 14.4 Å². The third-order valence-electron chi connectivity index (χ3n) is 6.62. The number of aromatic nitrogens is 3. The highest BCUT2D eigenvalue weighted by molar-refractivity contribution is 6.05. The van der Waals surface area contributed by atoms with E-state index >= 15 is 0 Å². The second-order valence-corrected chi connectivity index (χ2v) is 9.31. The Labute approximate surface area is 198 Å². The minimum absolute atomic E-state index is 0.0280. The fraction of sp³-hybridized carbons (Fsp3) is 0.462. The molecule has 0 aliphatic carbocycles. The molecule has 0 saturated carbocycles. The first-order valence-electron chi connectivity index (χ1n) is 11.9. The van der Waals surface area contributed by atoms with E-state index in [2.05, 4.69) is 29.9 Å². The number of aryl methyl sites for hydroxylation is 3. The molecule has 3 heterocycles. The molecule has 4 rings (SSSR count). The number of hydrogen-bond acceptors (Lipinski definition) is 5. The van der Waals surface area contributed by atoms with Gasteiger partial charge in [0.15, 0.2) is 5.65 Å². The van der Waals surface area contributed by atoms with Crippen LogP contribution < -0.4 is 16.0 Å². The molecule has 0 unspecified atom stereocenters. The van der Waals surface area contributed by atoms with E-state index in [1.807, 2.05) is 32.9 Å². The van der Waals surface area contributed by atoms with Crippen LogP contribution in [0.5, 0.6) is 5.75 Å². The van der Waals surface area contributed by atoms with Gasteiger partial charge in [-0.1, -0.05) is 19.9 Å². The van der Waals surface area contributed by atoms with Gasteiger partial charge >= 0.3 is 5.69 Å². The number of nitrogens with one attached hydrogen (secondary N) is 1. The SMILES string of the molecule is CCn1c(=O)[nH]c(=O)c2c(C(=O)N3CCC(Oc4ccc(C)c(C)c4)CC3)cc(C(C)C)nc21. The third-order valence-corrected chi connectivity index (χ3v) is 6.62. The Morgan fingerprint density at radius 2 is 1.85 bits per heavy atom. The van der Waals surface area contributed by atoms with E-state index in [4.69, 9.17) is 4.74 Å². The number of hydrogen-bond donors (Lipinski definition) is 1. The molecule has 1 aromatic carbocycles. The zero-order chi connectivity index (χ0) is 24.6. The number of aromatic amines is 1. The molecular weight excluding hydrogens is 432 g/mol. The first kappa shape index (κ1) is 23.7. The lowest BCUT2D eigenvalue weighted by atomic mass is 10.0. The number of pyridine rings is 1. The van der Waals surface area contributed by atoms with Crippen LogP contribution in [-0.2, 0) is 6.54 Å². The van der Waals surface area contributed by atoms with Gasteiger partial charge in [-0.15, -0.1) is 0 Å². The number of carbonyl (C=O) groups excluding carboxylic acids is 1. The maximum atomic E-state index is 13.6. The predicted octanol–water partition coefficient (Wildman–Crippen LogP) is 3.53. The summed E-state index contributed by atoms with van der Waals surface area (Å²) in [7, 11) is 0. The third kappa shape index (κ3) is 4.49. The lowest BCUT2D eigenvalue weighted by Gasteiger charge is -2.32. The molecule has 1 amide bonds. The van der Waals surface area contributed by atoms with Crippen LogP contribution in [0.3, 0.4) is 0 Å². The first-order valence-corrected chi connectivity index (χ1v) is 11.9. The molecule has 8 heteroatoms. The molecule has 1 fully saturated rings. The summed E-state index contributed by atoms with van der Waals surface area (Å²) in [4.78, 5) is 47.4. The largest absolute Gasteiger partial charge is 0.490 e. The topological polar surface area (TPSA) is 97.3 Å². The zero-order valence-electron chi connectivity index (χ0n) is 20.5.